The lowest BCUT2D eigenvalue weighted by Gasteiger charge is -2.20. The number of anilines is 1. The summed E-state index contributed by atoms with van der Waals surface area (Å²) in [6.07, 6.45) is -0.217. The molecule has 5 aromatic rings. The third-order valence-corrected chi connectivity index (χ3v) is 9.59. The second kappa shape index (κ2) is 15.4. The Morgan fingerprint density at radius 2 is 1.71 bits per heavy atom. The maximum atomic E-state index is 13.1. The first-order valence-electron chi connectivity index (χ1n) is 16.1. The lowest BCUT2D eigenvalue weighted by atomic mass is 10.00. The first-order valence-corrected chi connectivity index (χ1v) is 17.6. The summed E-state index contributed by atoms with van der Waals surface area (Å²) >= 11 is 0. The highest BCUT2D eigenvalue weighted by molar-refractivity contribution is 7.92. The van der Waals surface area contributed by atoms with Gasteiger partial charge in [0.1, 0.15) is 31.3 Å². The van der Waals surface area contributed by atoms with Crippen LogP contribution in [0.15, 0.2) is 120 Å². The Kier molecular flexibility index (Phi) is 10.6. The monoisotopic (exact) mass is 678 g/mol. The van der Waals surface area contributed by atoms with E-state index in [1.54, 1.807) is 42.5 Å². The van der Waals surface area contributed by atoms with Gasteiger partial charge in [0.2, 0.25) is 0 Å². The molecule has 3 N–H and O–H groups in total. The number of carbonyl (C=O) groups excluding carboxylic acids is 1. The Morgan fingerprint density at radius 1 is 0.918 bits per heavy atom. The number of hydrogen-bond donors (Lipinski definition) is 3. The smallest absolute Gasteiger partial charge is 0.338 e. The number of benzene rings is 5. The third-order valence-electron chi connectivity index (χ3n) is 8.22. The van der Waals surface area contributed by atoms with Crippen molar-refractivity contribution in [2.75, 3.05) is 24.4 Å². The number of carbonyl (C=O) groups is 1. The summed E-state index contributed by atoms with van der Waals surface area (Å²) < 4.78 is 46.1. The Bertz CT molecular complexity index is 2020. The SMILES string of the molecule is CCc1cc(-c2ccc(C(=O)OCc3ccccc3)cc2)ccc1OCCNCC(O)c1ccc2cc1NS(=O)(=O)c1cccc(c1)CO2. The molecule has 0 radical (unpaired) electrons. The molecule has 4 bridgehead atoms. The van der Waals surface area contributed by atoms with E-state index >= 15 is 0 Å². The minimum absolute atomic E-state index is 0.130. The van der Waals surface area contributed by atoms with Gasteiger partial charge >= 0.3 is 5.97 Å². The number of sulfonamides is 1. The highest BCUT2D eigenvalue weighted by Crippen LogP contribution is 2.32. The highest BCUT2D eigenvalue weighted by atomic mass is 32.2. The maximum absolute atomic E-state index is 13.1. The van der Waals surface area contributed by atoms with Crippen molar-refractivity contribution in [2.24, 2.45) is 0 Å². The number of aliphatic hydroxyl groups excluding tert-OH is 1. The van der Waals surface area contributed by atoms with Crippen LogP contribution in [-0.4, -0.2) is 39.2 Å². The zero-order valence-electron chi connectivity index (χ0n) is 27.1. The number of aryl methyl sites for hydroxylation is 1. The van der Waals surface area contributed by atoms with E-state index in [0.29, 0.717) is 30.0 Å². The first kappa shape index (κ1) is 33.7. The molecule has 0 spiro atoms. The van der Waals surface area contributed by atoms with Gasteiger partial charge < -0.3 is 24.6 Å². The molecule has 1 aliphatic rings. The molecule has 5 aromatic carbocycles. The summed E-state index contributed by atoms with van der Waals surface area (Å²) in [5.41, 5.74) is 5.90. The minimum Gasteiger partial charge on any atom is -0.492 e. The van der Waals surface area contributed by atoms with Crippen LogP contribution in [-0.2, 0) is 34.4 Å². The van der Waals surface area contributed by atoms with E-state index in [-0.39, 0.29) is 36.3 Å². The van der Waals surface area contributed by atoms with Crippen LogP contribution in [0.1, 0.15) is 45.6 Å². The number of esters is 1. The second-order valence-electron chi connectivity index (χ2n) is 11.7. The van der Waals surface area contributed by atoms with Crippen LogP contribution in [0.3, 0.4) is 0 Å². The number of aliphatic hydroxyl groups is 1. The average Bonchev–Trinajstić information content (AvgIpc) is 3.13. The number of nitrogens with one attached hydrogen (secondary N) is 2. The van der Waals surface area contributed by atoms with Crippen LogP contribution in [0.4, 0.5) is 5.69 Å². The lowest BCUT2D eigenvalue weighted by molar-refractivity contribution is 0.0472. The molecule has 10 heteroatoms. The summed E-state index contributed by atoms with van der Waals surface area (Å²) in [4.78, 5) is 12.6. The summed E-state index contributed by atoms with van der Waals surface area (Å²) in [6, 6.07) is 34.5. The second-order valence-corrected chi connectivity index (χ2v) is 13.4. The standard InChI is InChI=1S/C39H38N2O7S/c1-2-29-22-32(30-11-13-31(14-12-30)39(43)48-25-27-7-4-3-5-8-27)15-18-38(29)46-20-19-40-24-37(42)35-17-16-33-23-36(35)41-49(44,45)34-10-6-9-28(21-34)26-47-33/h3-18,21-23,37,40-42H,2,19-20,24-26H2,1H3. The van der Waals surface area contributed by atoms with E-state index in [2.05, 4.69) is 23.0 Å². The van der Waals surface area contributed by atoms with E-state index in [0.717, 1.165) is 40.0 Å². The molecule has 1 atom stereocenters. The molecule has 1 unspecified atom stereocenters. The van der Waals surface area contributed by atoms with Crippen molar-refractivity contribution in [3.63, 3.8) is 0 Å². The molecule has 0 saturated carbocycles. The molecule has 0 aromatic heterocycles. The van der Waals surface area contributed by atoms with Gasteiger partial charge in [0, 0.05) is 24.7 Å². The quantitative estimate of drug-likeness (QED) is 0.0989. The van der Waals surface area contributed by atoms with Crippen molar-refractivity contribution in [1.82, 2.24) is 5.32 Å². The molecular formula is C39H38N2O7S. The number of fused-ring (bicyclic) bond motifs is 4. The number of rotatable bonds is 12. The van der Waals surface area contributed by atoms with E-state index in [9.17, 15) is 18.3 Å². The van der Waals surface area contributed by atoms with Crippen molar-refractivity contribution in [1.29, 1.82) is 0 Å². The van der Waals surface area contributed by atoms with E-state index in [1.165, 1.54) is 6.07 Å². The summed E-state index contributed by atoms with van der Waals surface area (Å²) in [5.74, 6) is 0.900. The summed E-state index contributed by atoms with van der Waals surface area (Å²) in [6.45, 7) is 3.52. The van der Waals surface area contributed by atoms with Crippen LogP contribution >= 0.6 is 0 Å². The van der Waals surface area contributed by atoms with Gasteiger partial charge in [-0.25, -0.2) is 13.2 Å². The van der Waals surface area contributed by atoms with E-state index in [4.69, 9.17) is 14.2 Å². The Balaban J connectivity index is 1.01. The molecule has 252 valence electrons. The van der Waals surface area contributed by atoms with Crippen LogP contribution in [0.5, 0.6) is 11.5 Å². The predicted molar refractivity (Wildman–Crippen MR) is 188 cm³/mol. The highest BCUT2D eigenvalue weighted by Gasteiger charge is 2.21. The zero-order chi connectivity index (χ0) is 34.2. The van der Waals surface area contributed by atoms with Crippen LogP contribution in [0.25, 0.3) is 11.1 Å². The predicted octanol–water partition coefficient (Wildman–Crippen LogP) is 6.67. The molecule has 6 rings (SSSR count). The van der Waals surface area contributed by atoms with Gasteiger partial charge in [-0.1, -0.05) is 73.7 Å². The van der Waals surface area contributed by atoms with Crippen molar-refractivity contribution >= 4 is 21.7 Å². The molecule has 1 heterocycles. The average molecular weight is 679 g/mol. The van der Waals surface area contributed by atoms with Crippen molar-refractivity contribution in [3.8, 4) is 22.6 Å². The molecule has 9 nitrogen and oxygen atoms in total. The van der Waals surface area contributed by atoms with Crippen molar-refractivity contribution in [3.05, 3.63) is 143 Å². The first-order chi connectivity index (χ1) is 23.8. The van der Waals surface area contributed by atoms with Gasteiger partial charge in [-0.3, -0.25) is 4.72 Å². The summed E-state index contributed by atoms with van der Waals surface area (Å²) in [7, 11) is -3.85. The van der Waals surface area contributed by atoms with E-state index < -0.39 is 16.1 Å². The maximum Gasteiger partial charge on any atom is 0.338 e. The molecule has 0 saturated heterocycles. The fourth-order valence-electron chi connectivity index (χ4n) is 5.54. The minimum atomic E-state index is -3.85. The molecule has 1 aliphatic heterocycles. The molecule has 0 fully saturated rings. The Hall–Kier alpha value is -5.16. The van der Waals surface area contributed by atoms with Crippen molar-refractivity contribution in [2.45, 2.75) is 37.6 Å². The normalized spacial score (nSPS) is 13.8. The Labute approximate surface area is 286 Å². The number of hydrogen-bond acceptors (Lipinski definition) is 8. The molecule has 49 heavy (non-hydrogen) atoms. The molecular weight excluding hydrogens is 641 g/mol. The fourth-order valence-corrected chi connectivity index (χ4v) is 6.69. The topological polar surface area (TPSA) is 123 Å². The molecule has 0 aliphatic carbocycles. The Morgan fingerprint density at radius 3 is 2.51 bits per heavy atom. The van der Waals surface area contributed by atoms with Gasteiger partial charge in [0.05, 0.1) is 22.3 Å². The third kappa shape index (κ3) is 8.47. The number of ether oxygens (including phenoxy) is 3. The van der Waals surface area contributed by atoms with Gasteiger partial charge in [0.25, 0.3) is 10.0 Å². The lowest BCUT2D eigenvalue weighted by Crippen LogP contribution is -2.27. The fraction of sp³-hybridized carbons (Fsp3) is 0.205. The van der Waals surface area contributed by atoms with E-state index in [1.807, 2.05) is 60.7 Å². The molecule has 0 amide bonds. The van der Waals surface area contributed by atoms with Crippen LogP contribution < -0.4 is 19.5 Å². The van der Waals surface area contributed by atoms with Gasteiger partial charge in [-0.2, -0.15) is 0 Å². The van der Waals surface area contributed by atoms with Crippen molar-refractivity contribution < 1.29 is 32.5 Å². The van der Waals surface area contributed by atoms with Gasteiger partial charge in [0.15, 0.2) is 0 Å². The van der Waals surface area contributed by atoms with Crippen LogP contribution in [0, 0.1) is 0 Å². The zero-order valence-corrected chi connectivity index (χ0v) is 27.9. The van der Waals surface area contributed by atoms with Gasteiger partial charge in [-0.05, 0) is 76.7 Å². The van der Waals surface area contributed by atoms with Crippen LogP contribution in [0.2, 0.25) is 0 Å². The van der Waals surface area contributed by atoms with Gasteiger partial charge in [-0.15, -0.1) is 0 Å². The summed E-state index contributed by atoms with van der Waals surface area (Å²) in [5, 5.41) is 14.2. The largest absolute Gasteiger partial charge is 0.492 e.